The fraction of sp³-hybridized carbons (Fsp3) is 0.111. The number of para-hydroxylation sites is 1. The number of hydrogen-bond donors (Lipinski definition) is 0. The van der Waals surface area contributed by atoms with Gasteiger partial charge in [-0.05, 0) is 91.0 Å². The van der Waals surface area contributed by atoms with Crippen LogP contribution in [0, 0.1) is 0 Å². The van der Waals surface area contributed by atoms with E-state index in [0.29, 0.717) is 0 Å². The minimum Gasteiger partial charge on any atom is -0.309 e. The number of benzene rings is 8. The van der Waals surface area contributed by atoms with E-state index in [0.717, 1.165) is 11.4 Å². The van der Waals surface area contributed by atoms with E-state index in [2.05, 4.69) is 207 Å². The second-order valence-electron chi connectivity index (χ2n) is 15.2. The summed E-state index contributed by atoms with van der Waals surface area (Å²) in [5, 5.41) is 0. The van der Waals surface area contributed by atoms with Crippen LogP contribution < -0.4 is 4.90 Å². The summed E-state index contributed by atoms with van der Waals surface area (Å²) in [7, 11) is 0. The molecule has 0 saturated heterocycles. The van der Waals surface area contributed by atoms with Crippen molar-refractivity contribution < 1.29 is 0 Å². The average Bonchev–Trinajstić information content (AvgIpc) is 3.81. The van der Waals surface area contributed by atoms with Gasteiger partial charge in [0.15, 0.2) is 0 Å². The molecule has 0 N–H and O–H groups in total. The van der Waals surface area contributed by atoms with Crippen molar-refractivity contribution in [2.24, 2.45) is 0 Å². The standard InChI is InChI=1S/C52H37N.C2H6/c1-51(2)42-24-11-6-20-37(42)40-32-31-35(33-47(40)51)53(48-29-15-10-19-36(48)34-17-4-3-5-18-34)49-30-16-28-46-50(49)41-23-9-14-27-45(41)52(46)43-25-12-7-21-38(43)39-22-8-13-26-44(39)52;1-2/h3-33H,1-2H3;1-2H3. The maximum atomic E-state index is 2.54. The average molecular weight is 706 g/mol. The van der Waals surface area contributed by atoms with Gasteiger partial charge in [0.25, 0.3) is 0 Å². The highest BCUT2D eigenvalue weighted by Crippen LogP contribution is 2.65. The summed E-state index contributed by atoms with van der Waals surface area (Å²) < 4.78 is 0. The Kier molecular flexibility index (Phi) is 7.58. The van der Waals surface area contributed by atoms with Gasteiger partial charge in [-0.15, -0.1) is 0 Å². The SMILES string of the molecule is CC.CC1(C)c2ccccc2-c2ccc(N(c3ccccc3-c3ccccc3)c3cccc4c3-c3ccccc3C43c4ccccc4-c4ccccc43)cc21. The molecule has 1 nitrogen and oxygen atoms in total. The minimum absolute atomic E-state index is 0.126. The lowest BCUT2D eigenvalue weighted by Gasteiger charge is -2.33. The molecule has 0 radical (unpaired) electrons. The number of hydrogen-bond acceptors (Lipinski definition) is 1. The number of fused-ring (bicyclic) bond motifs is 13. The van der Waals surface area contributed by atoms with E-state index in [1.165, 1.54) is 83.6 Å². The van der Waals surface area contributed by atoms with Crippen LogP contribution in [0.4, 0.5) is 17.1 Å². The second-order valence-corrected chi connectivity index (χ2v) is 15.2. The third-order valence-corrected chi connectivity index (χ3v) is 12.3. The Hall–Kier alpha value is -6.44. The zero-order valence-electron chi connectivity index (χ0n) is 31.8. The maximum Gasteiger partial charge on any atom is 0.0726 e. The van der Waals surface area contributed by atoms with E-state index in [1.54, 1.807) is 0 Å². The fourth-order valence-electron chi connectivity index (χ4n) is 10.1. The quantitative estimate of drug-likeness (QED) is 0.176. The molecule has 11 rings (SSSR count). The molecule has 0 unspecified atom stereocenters. The van der Waals surface area contributed by atoms with Crippen molar-refractivity contribution in [2.75, 3.05) is 4.90 Å². The van der Waals surface area contributed by atoms with Crippen molar-refractivity contribution in [3.8, 4) is 44.5 Å². The first-order valence-corrected chi connectivity index (χ1v) is 19.7. The van der Waals surface area contributed by atoms with E-state index in [-0.39, 0.29) is 5.41 Å². The number of anilines is 3. The topological polar surface area (TPSA) is 3.24 Å². The lowest BCUT2D eigenvalue weighted by atomic mass is 9.70. The molecule has 0 aromatic heterocycles. The molecule has 0 saturated carbocycles. The fourth-order valence-corrected chi connectivity index (χ4v) is 10.1. The van der Waals surface area contributed by atoms with Crippen LogP contribution in [0.25, 0.3) is 44.5 Å². The van der Waals surface area contributed by atoms with Crippen LogP contribution in [0.5, 0.6) is 0 Å². The highest BCUT2D eigenvalue weighted by atomic mass is 15.1. The maximum absolute atomic E-state index is 2.54. The van der Waals surface area contributed by atoms with E-state index < -0.39 is 5.41 Å². The largest absolute Gasteiger partial charge is 0.309 e. The van der Waals surface area contributed by atoms with Gasteiger partial charge in [0, 0.05) is 22.2 Å². The summed E-state index contributed by atoms with van der Waals surface area (Å²) in [6.07, 6.45) is 0. The van der Waals surface area contributed by atoms with Gasteiger partial charge in [-0.2, -0.15) is 0 Å². The Morgan fingerprint density at radius 3 is 1.45 bits per heavy atom. The van der Waals surface area contributed by atoms with Gasteiger partial charge in [-0.25, -0.2) is 0 Å². The zero-order valence-corrected chi connectivity index (χ0v) is 31.8. The summed E-state index contributed by atoms with van der Waals surface area (Å²) in [6, 6.07) is 70.1. The number of rotatable bonds is 4. The van der Waals surface area contributed by atoms with Gasteiger partial charge in [0.2, 0.25) is 0 Å². The summed E-state index contributed by atoms with van der Waals surface area (Å²) in [4.78, 5) is 2.54. The molecule has 0 heterocycles. The van der Waals surface area contributed by atoms with Crippen molar-refractivity contribution >= 4 is 17.1 Å². The van der Waals surface area contributed by atoms with Crippen LogP contribution in [0.1, 0.15) is 61.1 Å². The van der Waals surface area contributed by atoms with Gasteiger partial charge in [0.05, 0.1) is 16.8 Å². The van der Waals surface area contributed by atoms with E-state index in [1.807, 2.05) is 13.8 Å². The predicted molar refractivity (Wildman–Crippen MR) is 232 cm³/mol. The van der Waals surface area contributed by atoms with Crippen LogP contribution in [0.15, 0.2) is 188 Å². The Morgan fingerprint density at radius 1 is 0.345 bits per heavy atom. The molecule has 264 valence electrons. The normalized spacial score (nSPS) is 14.1. The van der Waals surface area contributed by atoms with E-state index >= 15 is 0 Å². The smallest absolute Gasteiger partial charge is 0.0726 e. The van der Waals surface area contributed by atoms with Crippen molar-refractivity contribution in [1.29, 1.82) is 0 Å². The molecular formula is C54H43N. The first-order chi connectivity index (χ1) is 27.1. The Bertz CT molecular complexity index is 2720. The van der Waals surface area contributed by atoms with Gasteiger partial charge in [0.1, 0.15) is 0 Å². The summed E-state index contributed by atoms with van der Waals surface area (Å²) in [6.45, 7) is 8.75. The predicted octanol–water partition coefficient (Wildman–Crippen LogP) is 14.5. The van der Waals surface area contributed by atoms with Crippen molar-refractivity contribution in [1.82, 2.24) is 0 Å². The zero-order chi connectivity index (χ0) is 37.3. The first-order valence-electron chi connectivity index (χ1n) is 19.7. The molecule has 1 spiro atoms. The van der Waals surface area contributed by atoms with Gasteiger partial charge < -0.3 is 4.90 Å². The molecular weight excluding hydrogens is 663 g/mol. The summed E-state index contributed by atoms with van der Waals surface area (Å²) in [5.41, 5.74) is 21.4. The second kappa shape index (κ2) is 12.6. The lowest BCUT2D eigenvalue weighted by molar-refractivity contribution is 0.660. The molecule has 0 amide bonds. The summed E-state index contributed by atoms with van der Waals surface area (Å²) >= 11 is 0. The molecule has 0 atom stereocenters. The molecule has 0 aliphatic heterocycles. The van der Waals surface area contributed by atoms with Crippen LogP contribution in [0.3, 0.4) is 0 Å². The van der Waals surface area contributed by atoms with Gasteiger partial charge in [-0.1, -0.05) is 191 Å². The Morgan fingerprint density at radius 2 is 0.800 bits per heavy atom. The molecule has 0 fully saturated rings. The van der Waals surface area contributed by atoms with Crippen molar-refractivity contribution in [3.63, 3.8) is 0 Å². The first kappa shape index (κ1) is 33.2. The number of nitrogens with zero attached hydrogens (tertiary/aromatic N) is 1. The van der Waals surface area contributed by atoms with Crippen LogP contribution in [-0.2, 0) is 10.8 Å². The van der Waals surface area contributed by atoms with Crippen LogP contribution >= 0.6 is 0 Å². The van der Waals surface area contributed by atoms with Crippen LogP contribution in [0.2, 0.25) is 0 Å². The van der Waals surface area contributed by atoms with E-state index in [9.17, 15) is 0 Å². The Labute approximate surface area is 325 Å². The third-order valence-electron chi connectivity index (χ3n) is 12.3. The lowest BCUT2D eigenvalue weighted by Crippen LogP contribution is -2.26. The van der Waals surface area contributed by atoms with Gasteiger partial charge in [-0.3, -0.25) is 0 Å². The monoisotopic (exact) mass is 705 g/mol. The molecule has 3 aliphatic carbocycles. The molecule has 3 aliphatic rings. The van der Waals surface area contributed by atoms with E-state index in [4.69, 9.17) is 0 Å². The highest BCUT2D eigenvalue weighted by Gasteiger charge is 2.52. The molecule has 1 heteroatoms. The molecule has 8 aromatic rings. The Balaban J connectivity index is 0.00000183. The molecule has 8 aromatic carbocycles. The summed E-state index contributed by atoms with van der Waals surface area (Å²) in [5.74, 6) is 0. The van der Waals surface area contributed by atoms with Crippen LogP contribution in [-0.4, -0.2) is 0 Å². The minimum atomic E-state index is -0.415. The highest BCUT2D eigenvalue weighted by molar-refractivity contribution is 6.02. The van der Waals surface area contributed by atoms with Gasteiger partial charge >= 0.3 is 0 Å². The molecule has 0 bridgehead atoms. The third kappa shape index (κ3) is 4.53. The molecule has 55 heavy (non-hydrogen) atoms. The van der Waals surface area contributed by atoms with Crippen molar-refractivity contribution in [2.45, 2.75) is 38.5 Å². The van der Waals surface area contributed by atoms with Crippen molar-refractivity contribution in [3.05, 3.63) is 221 Å².